The Morgan fingerprint density at radius 1 is 0.955 bits per heavy atom. The molecule has 0 radical (unpaired) electrons. The van der Waals surface area contributed by atoms with E-state index in [1.165, 1.54) is 12.1 Å². The number of guanidine groups is 1. The van der Waals surface area contributed by atoms with E-state index in [-0.39, 0.29) is 35.9 Å². The number of aromatic hydroxyl groups is 1. The van der Waals surface area contributed by atoms with Crippen LogP contribution in [0.3, 0.4) is 0 Å². The first-order valence-electron chi connectivity index (χ1n) is 15.1. The van der Waals surface area contributed by atoms with Gasteiger partial charge in [0.2, 0.25) is 6.23 Å². The highest BCUT2D eigenvalue weighted by atomic mass is 32.2. The Morgan fingerprint density at radius 2 is 1.66 bits per heavy atom. The van der Waals surface area contributed by atoms with Crippen molar-refractivity contribution in [1.29, 1.82) is 0 Å². The van der Waals surface area contributed by atoms with E-state index >= 15 is 0 Å². The molecular formula is C34H39N3O6S. The van der Waals surface area contributed by atoms with E-state index in [0.717, 1.165) is 35.1 Å². The number of allylic oxidation sites excluding steroid dienone is 1. The highest BCUT2D eigenvalue weighted by Gasteiger charge is 2.43. The van der Waals surface area contributed by atoms with Crippen LogP contribution in [0.1, 0.15) is 84.6 Å². The number of phenolic OH excluding ortho intramolecular Hbond substituents is 1. The molecule has 0 spiro atoms. The van der Waals surface area contributed by atoms with E-state index in [4.69, 9.17) is 16.2 Å². The quantitative estimate of drug-likeness (QED) is 0.115. The number of aliphatic hydroxyl groups is 1. The van der Waals surface area contributed by atoms with Gasteiger partial charge in [-0.25, -0.2) is 4.99 Å². The van der Waals surface area contributed by atoms with E-state index in [2.05, 4.69) is 11.9 Å². The lowest BCUT2D eigenvalue weighted by molar-refractivity contribution is 0.202. The molecule has 3 aliphatic heterocycles. The number of fused-ring (bicyclic) bond motifs is 2. The highest BCUT2D eigenvalue weighted by Crippen LogP contribution is 2.48. The fourth-order valence-corrected chi connectivity index (χ4v) is 8.48. The lowest BCUT2D eigenvalue weighted by Gasteiger charge is -2.39. The molecule has 232 valence electrons. The molecule has 3 aromatic rings. The second-order valence-corrected chi connectivity index (χ2v) is 14.1. The third-order valence-electron chi connectivity index (χ3n) is 9.71. The molecular weight excluding hydrogens is 578 g/mol. The predicted octanol–water partition coefficient (Wildman–Crippen LogP) is 5.22. The van der Waals surface area contributed by atoms with Crippen LogP contribution in [0.2, 0.25) is 0 Å². The molecule has 0 unspecified atom stereocenters. The highest BCUT2D eigenvalue weighted by molar-refractivity contribution is 7.86. The monoisotopic (exact) mass is 617 g/mol. The summed E-state index contributed by atoms with van der Waals surface area (Å²) >= 11 is 0. The van der Waals surface area contributed by atoms with Crippen molar-refractivity contribution >= 4 is 16.1 Å². The van der Waals surface area contributed by atoms with E-state index in [1.807, 2.05) is 48.5 Å². The molecule has 0 saturated carbocycles. The van der Waals surface area contributed by atoms with E-state index in [9.17, 15) is 23.2 Å². The maximum atomic E-state index is 13.3. The molecule has 10 heteroatoms. The standard InChI is InChI=1S/C34H39N3O6S/c1-19-2-3-23-16-26-13-15-28(23)29(19)18-31(44(40,41)42)30-17-24(32(39)21-8-11-25(38)12-9-21)10-14-27(30)20-4-6-22(7-5-20)33(43-26)37-34(35)36/h4-9,11-13,15-17,19,27,29-33,38-39H,2-3,10,14,18H2,1H3,(H4,35,36,37)(H,40,41,42)/t19-,27-,29+,30+,31+,32-,33-/m0/s1. The van der Waals surface area contributed by atoms with E-state index < -0.39 is 33.6 Å². The SMILES string of the molecule is C[C@H]1CCc2cc3ccc2[C@@H]1C[C@@H](S(=O)(=O)O)[C@@H]1C=C([C@@H](O)c2ccc(O)cc2)CC[C@H]1c1ccc(cc1)[C@@H](N=C(N)N)O3. The van der Waals surface area contributed by atoms with Gasteiger partial charge in [-0.1, -0.05) is 55.5 Å². The van der Waals surface area contributed by atoms with Gasteiger partial charge in [0.15, 0.2) is 5.96 Å². The number of rotatable bonds is 4. The van der Waals surface area contributed by atoms with Crippen LogP contribution in [0.25, 0.3) is 0 Å². The first-order valence-corrected chi connectivity index (χ1v) is 16.6. The maximum Gasteiger partial charge on any atom is 0.268 e. The minimum Gasteiger partial charge on any atom is -0.508 e. The second-order valence-electron chi connectivity index (χ2n) is 12.4. The average Bonchev–Trinajstić information content (AvgIpc) is 3.00. The summed E-state index contributed by atoms with van der Waals surface area (Å²) in [5.74, 6) is -0.148. The molecule has 6 bridgehead atoms. The van der Waals surface area contributed by atoms with Gasteiger partial charge in [-0.15, -0.1) is 0 Å². The van der Waals surface area contributed by atoms with Crippen LogP contribution in [0, 0.1) is 11.8 Å². The number of hydrogen-bond donors (Lipinski definition) is 5. The number of benzene rings is 3. The van der Waals surface area contributed by atoms with Crippen molar-refractivity contribution in [2.75, 3.05) is 0 Å². The van der Waals surface area contributed by atoms with Crippen molar-refractivity contribution in [3.05, 3.63) is 106 Å². The molecule has 5 aliphatic rings. The van der Waals surface area contributed by atoms with Gasteiger partial charge in [0.25, 0.3) is 10.1 Å². The normalized spacial score (nSPS) is 27.2. The summed E-state index contributed by atoms with van der Waals surface area (Å²) in [6, 6.07) is 19.8. The zero-order valence-electron chi connectivity index (χ0n) is 24.6. The molecule has 3 aromatic carbocycles. The first kappa shape index (κ1) is 30.2. The number of aryl methyl sites for hydroxylation is 1. The van der Waals surface area contributed by atoms with Crippen LogP contribution < -0.4 is 16.2 Å². The summed E-state index contributed by atoms with van der Waals surface area (Å²) < 4.78 is 43.8. The van der Waals surface area contributed by atoms with Gasteiger partial charge in [-0.2, -0.15) is 8.42 Å². The predicted molar refractivity (Wildman–Crippen MR) is 169 cm³/mol. The number of aliphatic imine (C=N–C) groups is 1. The topological polar surface area (TPSA) is 168 Å². The zero-order valence-corrected chi connectivity index (χ0v) is 25.4. The molecule has 9 nitrogen and oxygen atoms in total. The Bertz CT molecular complexity index is 1680. The van der Waals surface area contributed by atoms with Gasteiger partial charge in [-0.05, 0) is 102 Å². The van der Waals surface area contributed by atoms with Crippen molar-refractivity contribution in [1.82, 2.24) is 0 Å². The summed E-state index contributed by atoms with van der Waals surface area (Å²) in [7, 11) is -4.51. The molecule has 0 fully saturated rings. The zero-order chi connectivity index (χ0) is 31.2. The molecule has 7 atom stereocenters. The minimum atomic E-state index is -4.51. The summed E-state index contributed by atoms with van der Waals surface area (Å²) in [6.07, 6.45) is 3.16. The van der Waals surface area contributed by atoms with Crippen LogP contribution in [-0.4, -0.2) is 34.4 Å². The van der Waals surface area contributed by atoms with Crippen molar-refractivity contribution in [3.8, 4) is 11.5 Å². The summed E-state index contributed by atoms with van der Waals surface area (Å²) in [5.41, 5.74) is 16.6. The van der Waals surface area contributed by atoms with Crippen LogP contribution in [0.15, 0.2) is 83.4 Å². The number of phenols is 1. The Kier molecular flexibility index (Phi) is 8.17. The third kappa shape index (κ3) is 6.06. The molecule has 3 heterocycles. The lowest BCUT2D eigenvalue weighted by atomic mass is 9.69. The van der Waals surface area contributed by atoms with Crippen LogP contribution in [0.4, 0.5) is 0 Å². The van der Waals surface area contributed by atoms with Crippen LogP contribution >= 0.6 is 0 Å². The summed E-state index contributed by atoms with van der Waals surface area (Å²) in [6.45, 7) is 2.13. The van der Waals surface area contributed by atoms with E-state index in [0.29, 0.717) is 29.7 Å². The van der Waals surface area contributed by atoms with Crippen LogP contribution in [0.5, 0.6) is 11.5 Å². The van der Waals surface area contributed by atoms with E-state index in [1.54, 1.807) is 12.1 Å². The smallest absolute Gasteiger partial charge is 0.268 e. The molecule has 2 aliphatic carbocycles. The first-order chi connectivity index (χ1) is 21.0. The van der Waals surface area contributed by atoms with Crippen molar-refractivity contribution < 1.29 is 27.9 Å². The van der Waals surface area contributed by atoms with Crippen molar-refractivity contribution in [3.63, 3.8) is 0 Å². The largest absolute Gasteiger partial charge is 0.508 e. The Hall–Kier alpha value is -3.86. The second kappa shape index (κ2) is 11.9. The number of aliphatic hydroxyl groups excluding tert-OH is 1. The molecule has 0 aromatic heterocycles. The van der Waals surface area contributed by atoms with Gasteiger partial charge in [0, 0.05) is 11.5 Å². The number of nitrogens with zero attached hydrogens (tertiary/aromatic N) is 1. The molecule has 8 rings (SSSR count). The van der Waals surface area contributed by atoms with Gasteiger partial charge >= 0.3 is 0 Å². The number of ether oxygens (including phenoxy) is 1. The number of nitrogens with two attached hydrogens (primary N) is 2. The third-order valence-corrected chi connectivity index (χ3v) is 11.0. The molecule has 7 N–H and O–H groups in total. The molecule has 0 saturated heterocycles. The fraction of sp³-hybridized carbons (Fsp3) is 0.382. The van der Waals surface area contributed by atoms with Gasteiger partial charge in [0.05, 0.1) is 5.25 Å². The Labute approximate surface area is 258 Å². The van der Waals surface area contributed by atoms with Crippen molar-refractivity contribution in [2.45, 2.75) is 68.4 Å². The maximum absolute atomic E-state index is 13.3. The van der Waals surface area contributed by atoms with Crippen molar-refractivity contribution in [2.24, 2.45) is 28.3 Å². The lowest BCUT2D eigenvalue weighted by Crippen LogP contribution is -2.37. The number of hydrogen-bond acceptors (Lipinski definition) is 6. The average molecular weight is 618 g/mol. The van der Waals surface area contributed by atoms with Gasteiger partial charge in [0.1, 0.15) is 17.6 Å². The minimum absolute atomic E-state index is 0.0943. The summed E-state index contributed by atoms with van der Waals surface area (Å²) in [4.78, 5) is 4.34. The van der Waals surface area contributed by atoms with Gasteiger partial charge < -0.3 is 26.4 Å². The van der Waals surface area contributed by atoms with Gasteiger partial charge in [-0.3, -0.25) is 4.55 Å². The fourth-order valence-electron chi connectivity index (χ4n) is 7.37. The Balaban J connectivity index is 1.51. The molecule has 0 amide bonds. The summed E-state index contributed by atoms with van der Waals surface area (Å²) in [5, 5.41) is 20.0. The van der Waals surface area contributed by atoms with Crippen LogP contribution in [-0.2, 0) is 16.5 Å². The Morgan fingerprint density at radius 3 is 2.34 bits per heavy atom. The molecule has 44 heavy (non-hydrogen) atoms.